The Hall–Kier alpha value is -0.540. The van der Waals surface area contributed by atoms with Crippen molar-refractivity contribution in [1.29, 1.82) is 0 Å². The molecule has 0 aromatic rings. The second-order valence-electron chi connectivity index (χ2n) is 3.66. The summed E-state index contributed by atoms with van der Waals surface area (Å²) in [6.07, 6.45) is 2.17. The molecule has 0 saturated heterocycles. The third kappa shape index (κ3) is 24.6. The first kappa shape index (κ1) is 15.0. The SMILES string of the molecule is C=CC(N)=O.C[N+](C)(C)CCCCl. The van der Waals surface area contributed by atoms with Crippen LogP contribution < -0.4 is 5.73 Å². The molecule has 0 saturated carbocycles. The minimum Gasteiger partial charge on any atom is -0.366 e. The largest absolute Gasteiger partial charge is 0.366 e. The summed E-state index contributed by atoms with van der Waals surface area (Å²) >= 11 is 5.50. The fourth-order valence-corrected chi connectivity index (χ4v) is 0.654. The van der Waals surface area contributed by atoms with E-state index in [-0.39, 0.29) is 0 Å². The van der Waals surface area contributed by atoms with Crippen LogP contribution in [0.1, 0.15) is 6.42 Å². The smallest absolute Gasteiger partial charge is 0.240 e. The van der Waals surface area contributed by atoms with E-state index >= 15 is 0 Å². The van der Waals surface area contributed by atoms with Gasteiger partial charge in [-0.25, -0.2) is 0 Å². The van der Waals surface area contributed by atoms with Gasteiger partial charge in [0, 0.05) is 12.3 Å². The Balaban J connectivity index is 0. The Labute approximate surface area is 85.7 Å². The Morgan fingerprint density at radius 3 is 2.00 bits per heavy atom. The predicted molar refractivity (Wildman–Crippen MR) is 57.6 cm³/mol. The molecule has 0 aliphatic heterocycles. The number of hydrogen-bond acceptors (Lipinski definition) is 1. The molecule has 0 atom stereocenters. The topological polar surface area (TPSA) is 43.1 Å². The van der Waals surface area contributed by atoms with Crippen molar-refractivity contribution < 1.29 is 9.28 Å². The van der Waals surface area contributed by atoms with Crippen molar-refractivity contribution in [2.75, 3.05) is 33.6 Å². The van der Waals surface area contributed by atoms with Gasteiger partial charge in [0.05, 0.1) is 27.7 Å². The molecule has 0 rings (SSSR count). The molecule has 0 fully saturated rings. The third-order valence-corrected chi connectivity index (χ3v) is 1.43. The maximum atomic E-state index is 9.47. The van der Waals surface area contributed by atoms with E-state index in [0.717, 1.165) is 22.9 Å². The van der Waals surface area contributed by atoms with Crippen LogP contribution in [-0.2, 0) is 4.79 Å². The molecule has 0 aromatic heterocycles. The molecule has 0 bridgehead atoms. The van der Waals surface area contributed by atoms with E-state index in [1.165, 1.54) is 6.54 Å². The molecule has 0 aromatic carbocycles. The number of nitrogens with zero attached hydrogens (tertiary/aromatic N) is 1. The monoisotopic (exact) mass is 207 g/mol. The predicted octanol–water partition coefficient (Wildman–Crippen LogP) is 0.979. The summed E-state index contributed by atoms with van der Waals surface area (Å²) in [5.74, 6) is 0.306. The minimum atomic E-state index is -0.481. The normalized spacial score (nSPS) is 9.85. The van der Waals surface area contributed by atoms with Gasteiger partial charge >= 0.3 is 0 Å². The van der Waals surface area contributed by atoms with E-state index in [9.17, 15) is 4.79 Å². The number of carbonyl (C=O) groups excluding carboxylic acids is 1. The van der Waals surface area contributed by atoms with Crippen molar-refractivity contribution in [3.63, 3.8) is 0 Å². The van der Waals surface area contributed by atoms with E-state index in [2.05, 4.69) is 33.5 Å². The van der Waals surface area contributed by atoms with Gasteiger partial charge < -0.3 is 10.2 Å². The average Bonchev–Trinajstić information content (AvgIpc) is 2.00. The summed E-state index contributed by atoms with van der Waals surface area (Å²) in [7, 11) is 6.52. The van der Waals surface area contributed by atoms with Gasteiger partial charge in [-0.15, -0.1) is 11.6 Å². The van der Waals surface area contributed by atoms with Gasteiger partial charge in [-0.05, 0) is 6.08 Å². The molecule has 1 amide bonds. The van der Waals surface area contributed by atoms with Crippen molar-refractivity contribution >= 4 is 17.5 Å². The lowest BCUT2D eigenvalue weighted by molar-refractivity contribution is -0.870. The highest BCUT2D eigenvalue weighted by Crippen LogP contribution is 1.93. The van der Waals surface area contributed by atoms with Gasteiger partial charge in [-0.3, -0.25) is 4.79 Å². The zero-order chi connectivity index (χ0) is 10.9. The van der Waals surface area contributed by atoms with E-state index in [1.54, 1.807) is 0 Å². The number of halogens is 1. The first-order valence-electron chi connectivity index (χ1n) is 4.11. The molecule has 13 heavy (non-hydrogen) atoms. The Morgan fingerprint density at radius 1 is 1.54 bits per heavy atom. The van der Waals surface area contributed by atoms with Gasteiger partial charge in [0.15, 0.2) is 0 Å². The summed E-state index contributed by atoms with van der Waals surface area (Å²) in [5.41, 5.74) is 4.53. The summed E-state index contributed by atoms with van der Waals surface area (Å²) in [6.45, 7) is 4.26. The summed E-state index contributed by atoms with van der Waals surface area (Å²) < 4.78 is 1.02. The highest BCUT2D eigenvalue weighted by Gasteiger charge is 2.03. The molecule has 78 valence electrons. The number of amides is 1. The van der Waals surface area contributed by atoms with Crippen molar-refractivity contribution in [1.82, 2.24) is 0 Å². The van der Waals surface area contributed by atoms with Gasteiger partial charge in [-0.1, -0.05) is 6.58 Å². The Bertz CT molecular complexity index is 152. The van der Waals surface area contributed by atoms with Crippen LogP contribution in [0, 0.1) is 0 Å². The summed E-state index contributed by atoms with van der Waals surface area (Å²) in [4.78, 5) is 9.47. The molecule has 2 N–H and O–H groups in total. The number of alkyl halides is 1. The van der Waals surface area contributed by atoms with Crippen molar-refractivity contribution in [2.45, 2.75) is 6.42 Å². The van der Waals surface area contributed by atoms with Crippen LogP contribution in [0.2, 0.25) is 0 Å². The second-order valence-corrected chi connectivity index (χ2v) is 4.04. The zero-order valence-electron chi connectivity index (χ0n) is 8.72. The molecule has 0 aliphatic carbocycles. The number of primary amides is 1. The minimum absolute atomic E-state index is 0.481. The van der Waals surface area contributed by atoms with E-state index in [1.807, 2.05) is 0 Å². The number of carbonyl (C=O) groups is 1. The van der Waals surface area contributed by atoms with Crippen LogP contribution in [0.25, 0.3) is 0 Å². The molecule has 3 nitrogen and oxygen atoms in total. The first-order chi connectivity index (χ1) is 5.83. The van der Waals surface area contributed by atoms with Crippen molar-refractivity contribution in [2.24, 2.45) is 5.73 Å². The molecular weight excluding hydrogens is 188 g/mol. The van der Waals surface area contributed by atoms with E-state index in [0.29, 0.717) is 0 Å². The Kier molecular flexibility index (Phi) is 9.29. The molecule has 0 heterocycles. The molecule has 0 spiro atoms. The molecular formula is C9H20ClN2O+. The van der Waals surface area contributed by atoms with Crippen LogP contribution >= 0.6 is 11.6 Å². The van der Waals surface area contributed by atoms with E-state index in [4.69, 9.17) is 11.6 Å². The molecule has 4 heteroatoms. The van der Waals surface area contributed by atoms with Crippen molar-refractivity contribution in [3.05, 3.63) is 12.7 Å². The molecule has 0 aliphatic rings. The highest BCUT2D eigenvalue weighted by atomic mass is 35.5. The van der Waals surface area contributed by atoms with Crippen molar-refractivity contribution in [3.8, 4) is 0 Å². The van der Waals surface area contributed by atoms with Crippen LogP contribution in [-0.4, -0.2) is 44.0 Å². The second kappa shape index (κ2) is 8.08. The lowest BCUT2D eigenvalue weighted by Crippen LogP contribution is -2.35. The zero-order valence-corrected chi connectivity index (χ0v) is 9.47. The third-order valence-electron chi connectivity index (χ3n) is 1.16. The van der Waals surface area contributed by atoms with Gasteiger partial charge in [0.25, 0.3) is 0 Å². The molecule has 0 radical (unpaired) electrons. The quantitative estimate of drug-likeness (QED) is 0.417. The van der Waals surface area contributed by atoms with Gasteiger partial charge in [-0.2, -0.15) is 0 Å². The summed E-state index contributed by atoms with van der Waals surface area (Å²) in [5, 5.41) is 0. The molecule has 0 unspecified atom stereocenters. The van der Waals surface area contributed by atoms with Crippen LogP contribution in [0.4, 0.5) is 0 Å². The maximum Gasteiger partial charge on any atom is 0.240 e. The number of quaternary nitrogens is 1. The van der Waals surface area contributed by atoms with Gasteiger partial charge in [0.1, 0.15) is 0 Å². The van der Waals surface area contributed by atoms with Crippen LogP contribution in [0.5, 0.6) is 0 Å². The first-order valence-corrected chi connectivity index (χ1v) is 4.65. The number of hydrogen-bond donors (Lipinski definition) is 1. The lowest BCUT2D eigenvalue weighted by atomic mass is 10.4. The number of nitrogens with two attached hydrogens (primary N) is 1. The van der Waals surface area contributed by atoms with E-state index < -0.39 is 5.91 Å². The van der Waals surface area contributed by atoms with Gasteiger partial charge in [0.2, 0.25) is 5.91 Å². The van der Waals surface area contributed by atoms with Crippen LogP contribution in [0.3, 0.4) is 0 Å². The highest BCUT2D eigenvalue weighted by molar-refractivity contribution is 6.17. The fraction of sp³-hybridized carbons (Fsp3) is 0.667. The maximum absolute atomic E-state index is 9.47. The lowest BCUT2D eigenvalue weighted by Gasteiger charge is -2.22. The Morgan fingerprint density at radius 2 is 1.92 bits per heavy atom. The fourth-order valence-electron chi connectivity index (χ4n) is 0.534. The average molecular weight is 208 g/mol. The number of rotatable bonds is 4. The van der Waals surface area contributed by atoms with Crippen LogP contribution in [0.15, 0.2) is 12.7 Å². The standard InChI is InChI=1S/C6H15ClN.C3H5NO/c1-8(2,3)6-4-5-7;1-2-3(4)5/h4-6H2,1-3H3;2H,1H2,(H2,4,5)/q+1;. The summed E-state index contributed by atoms with van der Waals surface area (Å²) in [6, 6.07) is 0.